The number of rotatable bonds is 6. The third-order valence-electron chi connectivity index (χ3n) is 2.15. The van der Waals surface area contributed by atoms with Crippen molar-refractivity contribution in [2.24, 2.45) is 5.92 Å². The quantitative estimate of drug-likeness (QED) is 0.800. The largest absolute Gasteiger partial charge is 0.476 e. The van der Waals surface area contributed by atoms with Crippen LogP contribution >= 0.6 is 0 Å². The minimum Gasteiger partial charge on any atom is -0.476 e. The summed E-state index contributed by atoms with van der Waals surface area (Å²) in [5, 5.41) is 8.85. The lowest BCUT2D eigenvalue weighted by atomic mass is 10.1. The van der Waals surface area contributed by atoms with Gasteiger partial charge in [0.15, 0.2) is 0 Å². The summed E-state index contributed by atoms with van der Waals surface area (Å²) in [5.74, 6) is -0.641. The van der Waals surface area contributed by atoms with Gasteiger partial charge in [0.05, 0.1) is 6.61 Å². The van der Waals surface area contributed by atoms with E-state index in [2.05, 4.69) is 23.8 Å². The number of ether oxygens (including phenoxy) is 1. The van der Waals surface area contributed by atoms with Gasteiger partial charge in [0, 0.05) is 12.4 Å². The van der Waals surface area contributed by atoms with Gasteiger partial charge in [-0.3, -0.25) is 0 Å². The van der Waals surface area contributed by atoms with Crippen LogP contribution in [0.3, 0.4) is 0 Å². The van der Waals surface area contributed by atoms with E-state index in [1.165, 1.54) is 12.4 Å². The summed E-state index contributed by atoms with van der Waals surface area (Å²) in [6.07, 6.45) is 4.89. The van der Waals surface area contributed by atoms with Gasteiger partial charge in [0.2, 0.25) is 11.6 Å². The minimum absolute atomic E-state index is 0.0953. The molecule has 1 atom stereocenters. The molecule has 5 nitrogen and oxygen atoms in total. The molecule has 1 unspecified atom stereocenters. The molecule has 1 heterocycles. The molecule has 1 aromatic heterocycles. The molecular weight excluding hydrogens is 208 g/mol. The van der Waals surface area contributed by atoms with Crippen LogP contribution in [0.15, 0.2) is 12.4 Å². The van der Waals surface area contributed by atoms with Crippen LogP contribution in [0.1, 0.15) is 37.2 Å². The first-order chi connectivity index (χ1) is 7.65. The average molecular weight is 224 g/mol. The van der Waals surface area contributed by atoms with E-state index < -0.39 is 5.97 Å². The first-order valence-corrected chi connectivity index (χ1v) is 5.32. The normalized spacial score (nSPS) is 12.1. The van der Waals surface area contributed by atoms with Crippen LogP contribution in [-0.2, 0) is 0 Å². The second-order valence-corrected chi connectivity index (χ2v) is 3.72. The molecule has 0 fully saturated rings. The maximum Gasteiger partial charge on any atom is 0.360 e. The van der Waals surface area contributed by atoms with E-state index in [0.29, 0.717) is 12.5 Å². The molecule has 0 bridgehead atoms. The Bertz CT molecular complexity index is 355. The zero-order chi connectivity index (χ0) is 12.0. The number of carbonyl (C=O) groups is 1. The van der Waals surface area contributed by atoms with Gasteiger partial charge in [0.25, 0.3) is 0 Å². The maximum atomic E-state index is 10.8. The fraction of sp³-hybridized carbons (Fsp3) is 0.545. The van der Waals surface area contributed by atoms with Crippen LogP contribution in [-0.4, -0.2) is 27.7 Å². The molecule has 1 rings (SSSR count). The number of carboxylic acid groups (broad SMARTS) is 1. The zero-order valence-electron chi connectivity index (χ0n) is 9.51. The monoisotopic (exact) mass is 224 g/mol. The van der Waals surface area contributed by atoms with E-state index in [0.717, 1.165) is 12.8 Å². The highest BCUT2D eigenvalue weighted by Gasteiger charge is 2.14. The number of hydrogen-bond donors (Lipinski definition) is 1. The Morgan fingerprint density at radius 2 is 2.19 bits per heavy atom. The Kier molecular flexibility index (Phi) is 4.69. The first-order valence-electron chi connectivity index (χ1n) is 5.32. The van der Waals surface area contributed by atoms with Crippen molar-refractivity contribution in [2.75, 3.05) is 6.61 Å². The van der Waals surface area contributed by atoms with Crippen LogP contribution in [0.25, 0.3) is 0 Å². The Hall–Kier alpha value is -1.65. The van der Waals surface area contributed by atoms with E-state index in [1.807, 2.05) is 0 Å². The summed E-state index contributed by atoms with van der Waals surface area (Å²) in [6.45, 7) is 4.62. The molecule has 0 spiro atoms. The predicted octanol–water partition coefficient (Wildman–Crippen LogP) is 1.99. The standard InChI is InChI=1S/C11H16N2O3/c1-3-4-8(2)7-16-10-9(11(14)15)12-5-6-13-10/h5-6,8H,3-4,7H2,1-2H3,(H,14,15). The van der Waals surface area contributed by atoms with Crippen molar-refractivity contribution in [3.8, 4) is 5.88 Å². The average Bonchev–Trinajstić information content (AvgIpc) is 2.27. The smallest absolute Gasteiger partial charge is 0.360 e. The number of hydrogen-bond acceptors (Lipinski definition) is 4. The molecule has 0 aliphatic heterocycles. The van der Waals surface area contributed by atoms with Gasteiger partial charge in [-0.25, -0.2) is 14.8 Å². The van der Waals surface area contributed by atoms with Crippen LogP contribution in [0.4, 0.5) is 0 Å². The summed E-state index contributed by atoms with van der Waals surface area (Å²) in [5.41, 5.74) is -0.133. The second-order valence-electron chi connectivity index (χ2n) is 3.72. The van der Waals surface area contributed by atoms with E-state index in [9.17, 15) is 4.79 Å². The van der Waals surface area contributed by atoms with Crippen molar-refractivity contribution >= 4 is 5.97 Å². The molecule has 0 saturated heterocycles. The van der Waals surface area contributed by atoms with Crippen LogP contribution < -0.4 is 4.74 Å². The molecule has 5 heteroatoms. The van der Waals surface area contributed by atoms with Crippen molar-refractivity contribution in [3.63, 3.8) is 0 Å². The summed E-state index contributed by atoms with van der Waals surface area (Å²) in [4.78, 5) is 18.4. The van der Waals surface area contributed by atoms with Gasteiger partial charge >= 0.3 is 5.97 Å². The number of aromatic nitrogens is 2. The Balaban J connectivity index is 2.63. The molecule has 0 amide bonds. The minimum atomic E-state index is -1.12. The van der Waals surface area contributed by atoms with Gasteiger partial charge in [0.1, 0.15) is 0 Å². The summed E-state index contributed by atoms with van der Waals surface area (Å²) >= 11 is 0. The van der Waals surface area contributed by atoms with Crippen molar-refractivity contribution in [1.29, 1.82) is 0 Å². The molecule has 0 aromatic carbocycles. The predicted molar refractivity (Wildman–Crippen MR) is 58.6 cm³/mol. The Morgan fingerprint density at radius 1 is 1.50 bits per heavy atom. The SMILES string of the molecule is CCCC(C)COc1nccnc1C(=O)O. The van der Waals surface area contributed by atoms with Crippen molar-refractivity contribution in [3.05, 3.63) is 18.1 Å². The van der Waals surface area contributed by atoms with Gasteiger partial charge < -0.3 is 9.84 Å². The molecule has 0 saturated carbocycles. The molecular formula is C11H16N2O3. The van der Waals surface area contributed by atoms with Crippen LogP contribution in [0.5, 0.6) is 5.88 Å². The second kappa shape index (κ2) is 6.05. The topological polar surface area (TPSA) is 72.3 Å². The molecule has 0 aliphatic carbocycles. The highest BCUT2D eigenvalue weighted by Crippen LogP contribution is 2.13. The number of carboxylic acids is 1. The highest BCUT2D eigenvalue weighted by atomic mass is 16.5. The fourth-order valence-corrected chi connectivity index (χ4v) is 1.37. The number of aromatic carboxylic acids is 1. The van der Waals surface area contributed by atoms with E-state index in [-0.39, 0.29) is 11.6 Å². The summed E-state index contributed by atoms with van der Waals surface area (Å²) in [6, 6.07) is 0. The Morgan fingerprint density at radius 3 is 2.81 bits per heavy atom. The van der Waals surface area contributed by atoms with Gasteiger partial charge in [-0.2, -0.15) is 0 Å². The third-order valence-corrected chi connectivity index (χ3v) is 2.15. The van der Waals surface area contributed by atoms with E-state index in [1.54, 1.807) is 0 Å². The van der Waals surface area contributed by atoms with Gasteiger partial charge in [-0.05, 0) is 12.3 Å². The molecule has 88 valence electrons. The number of nitrogens with zero attached hydrogens (tertiary/aromatic N) is 2. The Labute approximate surface area is 94.5 Å². The van der Waals surface area contributed by atoms with Crippen LogP contribution in [0.2, 0.25) is 0 Å². The molecule has 1 N–H and O–H groups in total. The molecule has 16 heavy (non-hydrogen) atoms. The highest BCUT2D eigenvalue weighted by molar-refractivity contribution is 5.87. The van der Waals surface area contributed by atoms with Gasteiger partial charge in [-0.1, -0.05) is 20.3 Å². The van der Waals surface area contributed by atoms with Crippen LogP contribution in [0, 0.1) is 5.92 Å². The maximum absolute atomic E-state index is 10.8. The lowest BCUT2D eigenvalue weighted by molar-refractivity contribution is 0.0683. The van der Waals surface area contributed by atoms with E-state index in [4.69, 9.17) is 9.84 Å². The molecule has 0 aliphatic rings. The van der Waals surface area contributed by atoms with Crippen molar-refractivity contribution in [1.82, 2.24) is 9.97 Å². The van der Waals surface area contributed by atoms with Gasteiger partial charge in [-0.15, -0.1) is 0 Å². The summed E-state index contributed by atoms with van der Waals surface area (Å²) in [7, 11) is 0. The third kappa shape index (κ3) is 3.49. The van der Waals surface area contributed by atoms with E-state index >= 15 is 0 Å². The molecule has 1 aromatic rings. The van der Waals surface area contributed by atoms with Crippen molar-refractivity contribution < 1.29 is 14.6 Å². The lowest BCUT2D eigenvalue weighted by Crippen LogP contribution is -2.12. The fourth-order valence-electron chi connectivity index (χ4n) is 1.37. The molecule has 0 radical (unpaired) electrons. The summed E-state index contributed by atoms with van der Waals surface area (Å²) < 4.78 is 5.36. The first kappa shape index (κ1) is 12.4. The zero-order valence-corrected chi connectivity index (χ0v) is 9.51. The van der Waals surface area contributed by atoms with Crippen molar-refractivity contribution in [2.45, 2.75) is 26.7 Å². The lowest BCUT2D eigenvalue weighted by Gasteiger charge is -2.11.